The Kier molecular flexibility index (Phi) is 5.49. The van der Waals surface area contributed by atoms with Crippen molar-refractivity contribution in [3.63, 3.8) is 0 Å². The third-order valence-corrected chi connectivity index (χ3v) is 4.97. The van der Waals surface area contributed by atoms with Crippen LogP contribution in [0.5, 0.6) is 0 Å². The van der Waals surface area contributed by atoms with E-state index in [0.29, 0.717) is 12.1 Å². The molecule has 0 spiro atoms. The molecule has 0 heterocycles. The topological polar surface area (TPSA) is 49.3 Å². The largest absolute Gasteiger partial charge is 0.396 e. The maximum Gasteiger partial charge on any atom is 0.251 e. The minimum atomic E-state index is -0.104. The van der Waals surface area contributed by atoms with E-state index >= 15 is 0 Å². The Morgan fingerprint density at radius 3 is 2.45 bits per heavy atom. The molecule has 1 amide bonds. The molecule has 0 atom stereocenters. The van der Waals surface area contributed by atoms with Gasteiger partial charge >= 0.3 is 0 Å². The maximum absolute atomic E-state index is 12.1. The Labute approximate surface area is 125 Å². The van der Waals surface area contributed by atoms with E-state index in [9.17, 15) is 9.90 Å². The predicted octanol–water partition coefficient (Wildman–Crippen LogP) is 3.08. The third-order valence-electron chi connectivity index (χ3n) is 4.23. The van der Waals surface area contributed by atoms with Gasteiger partial charge in [0.25, 0.3) is 5.91 Å². The third kappa shape index (κ3) is 3.76. The molecule has 1 aromatic carbocycles. The highest BCUT2D eigenvalue weighted by Crippen LogP contribution is 2.35. The van der Waals surface area contributed by atoms with Crippen LogP contribution in [0.15, 0.2) is 29.2 Å². The highest BCUT2D eigenvalue weighted by molar-refractivity contribution is 7.98. The van der Waals surface area contributed by atoms with Crippen molar-refractivity contribution in [2.75, 3.05) is 19.4 Å². The summed E-state index contributed by atoms with van der Waals surface area (Å²) in [6.07, 6.45) is 7.58. The Balaban J connectivity index is 1.93. The number of amides is 1. The van der Waals surface area contributed by atoms with E-state index in [2.05, 4.69) is 5.32 Å². The van der Waals surface area contributed by atoms with Gasteiger partial charge in [-0.2, -0.15) is 0 Å². The number of aliphatic hydroxyl groups is 1. The van der Waals surface area contributed by atoms with Crippen molar-refractivity contribution < 1.29 is 9.90 Å². The molecular formula is C16H23NO2S. The molecule has 4 heteroatoms. The second-order valence-corrected chi connectivity index (χ2v) is 6.51. The standard InChI is InChI=1S/C16H23NO2S/c1-20-14-7-5-13(6-8-14)15(19)17-11-16(12-18)9-3-2-4-10-16/h5-8,18H,2-4,9-12H2,1H3,(H,17,19). The van der Waals surface area contributed by atoms with E-state index in [1.54, 1.807) is 11.8 Å². The average Bonchev–Trinajstić information content (AvgIpc) is 2.53. The van der Waals surface area contributed by atoms with Crippen LogP contribution in [0.1, 0.15) is 42.5 Å². The highest BCUT2D eigenvalue weighted by Gasteiger charge is 2.31. The number of thioether (sulfide) groups is 1. The molecule has 0 bridgehead atoms. The molecule has 1 aliphatic rings. The minimum absolute atomic E-state index is 0.0453. The number of nitrogens with one attached hydrogen (secondary N) is 1. The highest BCUT2D eigenvalue weighted by atomic mass is 32.2. The molecule has 0 aliphatic heterocycles. The average molecular weight is 293 g/mol. The SMILES string of the molecule is CSc1ccc(C(=O)NCC2(CO)CCCCC2)cc1. The van der Waals surface area contributed by atoms with Gasteiger partial charge in [-0.25, -0.2) is 0 Å². The zero-order chi connectivity index (χ0) is 14.4. The fraction of sp³-hybridized carbons (Fsp3) is 0.562. The fourth-order valence-electron chi connectivity index (χ4n) is 2.80. The van der Waals surface area contributed by atoms with Crippen LogP contribution in [0.2, 0.25) is 0 Å². The molecule has 1 aliphatic carbocycles. The summed E-state index contributed by atoms with van der Waals surface area (Å²) in [6, 6.07) is 7.63. The van der Waals surface area contributed by atoms with Crippen molar-refractivity contribution in [3.8, 4) is 0 Å². The van der Waals surface area contributed by atoms with Crippen molar-refractivity contribution in [2.45, 2.75) is 37.0 Å². The first-order chi connectivity index (χ1) is 9.69. The van der Waals surface area contributed by atoms with Crippen LogP contribution in [-0.4, -0.2) is 30.4 Å². The van der Waals surface area contributed by atoms with Crippen molar-refractivity contribution in [1.29, 1.82) is 0 Å². The van der Waals surface area contributed by atoms with Crippen molar-refractivity contribution >= 4 is 17.7 Å². The van der Waals surface area contributed by atoms with E-state index in [0.717, 1.165) is 30.6 Å². The lowest BCUT2D eigenvalue weighted by Gasteiger charge is -2.35. The van der Waals surface area contributed by atoms with E-state index in [1.807, 2.05) is 30.5 Å². The second kappa shape index (κ2) is 7.14. The fourth-order valence-corrected chi connectivity index (χ4v) is 3.21. The number of carbonyl (C=O) groups excluding carboxylic acids is 1. The van der Waals surface area contributed by atoms with Crippen LogP contribution >= 0.6 is 11.8 Å². The maximum atomic E-state index is 12.1. The smallest absolute Gasteiger partial charge is 0.251 e. The van der Waals surface area contributed by atoms with E-state index in [-0.39, 0.29) is 17.9 Å². The van der Waals surface area contributed by atoms with Crippen LogP contribution in [0, 0.1) is 5.41 Å². The predicted molar refractivity (Wildman–Crippen MR) is 83.2 cm³/mol. The summed E-state index contributed by atoms with van der Waals surface area (Å²) in [5.41, 5.74) is 0.583. The summed E-state index contributed by atoms with van der Waals surface area (Å²) in [5, 5.41) is 12.6. The van der Waals surface area contributed by atoms with Crippen molar-refractivity contribution in [2.24, 2.45) is 5.41 Å². The first-order valence-corrected chi connectivity index (χ1v) is 8.45. The van der Waals surface area contributed by atoms with E-state index in [4.69, 9.17) is 0 Å². The van der Waals surface area contributed by atoms with Crippen LogP contribution in [0.3, 0.4) is 0 Å². The summed E-state index contributed by atoms with van der Waals surface area (Å²) in [7, 11) is 0. The van der Waals surface area contributed by atoms with Gasteiger partial charge in [0.05, 0.1) is 6.61 Å². The Hall–Kier alpha value is -1.00. The van der Waals surface area contributed by atoms with Gasteiger partial charge in [0.1, 0.15) is 0 Å². The van der Waals surface area contributed by atoms with Crippen molar-refractivity contribution in [3.05, 3.63) is 29.8 Å². The van der Waals surface area contributed by atoms with E-state index in [1.165, 1.54) is 6.42 Å². The molecule has 0 aromatic heterocycles. The van der Waals surface area contributed by atoms with Crippen LogP contribution < -0.4 is 5.32 Å². The molecule has 3 nitrogen and oxygen atoms in total. The number of rotatable bonds is 5. The van der Waals surface area contributed by atoms with Gasteiger partial charge in [-0.15, -0.1) is 11.8 Å². The Morgan fingerprint density at radius 2 is 1.90 bits per heavy atom. The summed E-state index contributed by atoms with van der Waals surface area (Å²) in [5.74, 6) is -0.0453. The minimum Gasteiger partial charge on any atom is -0.396 e. The van der Waals surface area contributed by atoms with Crippen molar-refractivity contribution in [1.82, 2.24) is 5.32 Å². The van der Waals surface area contributed by atoms with Gasteiger partial charge < -0.3 is 10.4 Å². The molecule has 0 unspecified atom stereocenters. The van der Waals surface area contributed by atoms with Crippen LogP contribution in [0.4, 0.5) is 0 Å². The molecule has 0 radical (unpaired) electrons. The molecule has 2 N–H and O–H groups in total. The van der Waals surface area contributed by atoms with Gasteiger partial charge in [-0.3, -0.25) is 4.79 Å². The van der Waals surface area contributed by atoms with Gasteiger partial charge in [0.15, 0.2) is 0 Å². The number of hydrogen-bond donors (Lipinski definition) is 2. The monoisotopic (exact) mass is 293 g/mol. The molecule has 0 saturated heterocycles. The molecule has 20 heavy (non-hydrogen) atoms. The number of benzene rings is 1. The number of hydrogen-bond acceptors (Lipinski definition) is 3. The van der Waals surface area contributed by atoms with Gasteiger partial charge in [-0.1, -0.05) is 19.3 Å². The first kappa shape index (κ1) is 15.4. The normalized spacial score (nSPS) is 17.7. The molecule has 1 aromatic rings. The first-order valence-electron chi connectivity index (χ1n) is 7.22. The lowest BCUT2D eigenvalue weighted by atomic mass is 9.74. The van der Waals surface area contributed by atoms with Crippen LogP contribution in [0.25, 0.3) is 0 Å². The van der Waals surface area contributed by atoms with Crippen LogP contribution in [-0.2, 0) is 0 Å². The molecular weight excluding hydrogens is 270 g/mol. The quantitative estimate of drug-likeness (QED) is 0.820. The van der Waals surface area contributed by atoms with Gasteiger partial charge in [0.2, 0.25) is 0 Å². The molecule has 110 valence electrons. The summed E-state index contributed by atoms with van der Waals surface area (Å²) in [6.45, 7) is 0.741. The Morgan fingerprint density at radius 1 is 1.25 bits per heavy atom. The number of aliphatic hydroxyl groups excluding tert-OH is 1. The lowest BCUT2D eigenvalue weighted by Crippen LogP contribution is -2.41. The molecule has 1 fully saturated rings. The zero-order valence-electron chi connectivity index (χ0n) is 12.0. The lowest BCUT2D eigenvalue weighted by molar-refractivity contribution is 0.0718. The summed E-state index contributed by atoms with van der Waals surface area (Å²) in [4.78, 5) is 13.3. The summed E-state index contributed by atoms with van der Waals surface area (Å²) >= 11 is 1.66. The molecule has 1 saturated carbocycles. The molecule has 2 rings (SSSR count). The Bertz CT molecular complexity index is 438. The zero-order valence-corrected chi connectivity index (χ0v) is 12.8. The number of carbonyl (C=O) groups is 1. The van der Waals surface area contributed by atoms with Gasteiger partial charge in [-0.05, 0) is 43.4 Å². The summed E-state index contributed by atoms with van der Waals surface area (Å²) < 4.78 is 0. The van der Waals surface area contributed by atoms with Gasteiger partial charge in [0, 0.05) is 22.4 Å². The van der Waals surface area contributed by atoms with E-state index < -0.39 is 0 Å². The second-order valence-electron chi connectivity index (χ2n) is 5.63.